The van der Waals surface area contributed by atoms with Gasteiger partial charge in [-0.2, -0.15) is 0 Å². The van der Waals surface area contributed by atoms with Gasteiger partial charge in [0.15, 0.2) is 10.8 Å². The van der Waals surface area contributed by atoms with Gasteiger partial charge >= 0.3 is 0 Å². The maximum absolute atomic E-state index is 11.1. The van der Waals surface area contributed by atoms with E-state index in [4.69, 9.17) is 14.5 Å². The molecule has 9 nitrogen and oxygen atoms in total. The number of hydrogen-bond acceptors (Lipinski definition) is 8. The van der Waals surface area contributed by atoms with Gasteiger partial charge in [-0.15, -0.1) is 0 Å². The van der Waals surface area contributed by atoms with Crippen LogP contribution in [0.5, 0.6) is 11.5 Å². The summed E-state index contributed by atoms with van der Waals surface area (Å²) < 4.78 is 12.8. The SMILES string of the molecule is COc1ccc(OC)c(Sc2nc3cncnc3n2CCc2cccc([N+](=O)[O-])c2)c1. The van der Waals surface area contributed by atoms with E-state index < -0.39 is 0 Å². The highest BCUT2D eigenvalue weighted by Gasteiger charge is 2.17. The third-order valence-electron chi connectivity index (χ3n) is 4.69. The van der Waals surface area contributed by atoms with E-state index in [-0.39, 0.29) is 10.6 Å². The lowest BCUT2D eigenvalue weighted by Crippen LogP contribution is -2.04. The summed E-state index contributed by atoms with van der Waals surface area (Å²) >= 11 is 1.43. The number of aromatic nitrogens is 4. The lowest BCUT2D eigenvalue weighted by atomic mass is 10.1. The van der Waals surface area contributed by atoms with Gasteiger partial charge in [0.1, 0.15) is 23.3 Å². The zero-order valence-electron chi connectivity index (χ0n) is 16.9. The van der Waals surface area contributed by atoms with Gasteiger partial charge in [0.05, 0.1) is 30.2 Å². The zero-order valence-corrected chi connectivity index (χ0v) is 17.7. The molecule has 2 heterocycles. The summed E-state index contributed by atoms with van der Waals surface area (Å²) in [6.07, 6.45) is 3.73. The number of methoxy groups -OCH3 is 2. The molecule has 158 valence electrons. The maximum Gasteiger partial charge on any atom is 0.269 e. The normalized spacial score (nSPS) is 10.9. The first-order valence-corrected chi connectivity index (χ1v) is 10.2. The Balaban J connectivity index is 1.68. The van der Waals surface area contributed by atoms with Crippen molar-refractivity contribution in [3.63, 3.8) is 0 Å². The van der Waals surface area contributed by atoms with Crippen LogP contribution in [0.3, 0.4) is 0 Å². The number of nitrogens with zero attached hydrogens (tertiary/aromatic N) is 5. The van der Waals surface area contributed by atoms with E-state index in [1.54, 1.807) is 32.5 Å². The molecule has 0 atom stereocenters. The van der Waals surface area contributed by atoms with E-state index >= 15 is 0 Å². The first-order chi connectivity index (χ1) is 15.1. The quantitative estimate of drug-likeness (QED) is 0.299. The number of imidazole rings is 1. The van der Waals surface area contributed by atoms with Crippen LogP contribution in [0.25, 0.3) is 11.2 Å². The van der Waals surface area contributed by atoms with Crippen LogP contribution in [0.4, 0.5) is 5.69 Å². The predicted octanol–water partition coefficient (Wildman–Crippen LogP) is 4.15. The fourth-order valence-corrected chi connectivity index (χ4v) is 4.22. The van der Waals surface area contributed by atoms with Crippen LogP contribution in [-0.2, 0) is 13.0 Å². The molecular formula is C21H19N5O4S. The summed E-state index contributed by atoms with van der Waals surface area (Å²) in [5.74, 6) is 1.41. The molecule has 0 saturated carbocycles. The van der Waals surface area contributed by atoms with E-state index in [1.165, 1.54) is 24.2 Å². The third kappa shape index (κ3) is 4.43. The number of nitro benzene ring substituents is 1. The predicted molar refractivity (Wildman–Crippen MR) is 116 cm³/mol. The van der Waals surface area contributed by atoms with Crippen LogP contribution in [0.1, 0.15) is 5.56 Å². The fraction of sp³-hybridized carbons (Fsp3) is 0.190. The number of fused-ring (bicyclic) bond motifs is 1. The number of hydrogen-bond donors (Lipinski definition) is 0. The number of non-ortho nitro benzene ring substituents is 1. The van der Waals surface area contributed by atoms with Crippen molar-refractivity contribution in [1.29, 1.82) is 0 Å². The van der Waals surface area contributed by atoms with Crippen molar-refractivity contribution in [2.45, 2.75) is 23.0 Å². The smallest absolute Gasteiger partial charge is 0.269 e. The molecule has 0 saturated heterocycles. The molecular weight excluding hydrogens is 418 g/mol. The molecule has 0 unspecified atom stereocenters. The minimum Gasteiger partial charge on any atom is -0.497 e. The van der Waals surface area contributed by atoms with Crippen LogP contribution in [0, 0.1) is 10.1 Å². The van der Waals surface area contributed by atoms with Gasteiger partial charge in [0.25, 0.3) is 5.69 Å². The molecule has 31 heavy (non-hydrogen) atoms. The number of benzene rings is 2. The van der Waals surface area contributed by atoms with Crippen molar-refractivity contribution < 1.29 is 14.4 Å². The van der Waals surface area contributed by atoms with E-state index in [0.717, 1.165) is 10.5 Å². The second kappa shape index (κ2) is 9.00. The highest BCUT2D eigenvalue weighted by Crippen LogP contribution is 2.38. The van der Waals surface area contributed by atoms with Crippen molar-refractivity contribution >= 4 is 28.6 Å². The Labute approximate surface area is 182 Å². The number of rotatable bonds is 8. The van der Waals surface area contributed by atoms with Crippen LogP contribution in [-0.4, -0.2) is 38.7 Å². The van der Waals surface area contributed by atoms with E-state index in [0.29, 0.717) is 40.8 Å². The summed E-state index contributed by atoms with van der Waals surface area (Å²) in [6, 6.07) is 12.2. The van der Waals surface area contributed by atoms with Crippen molar-refractivity contribution in [2.75, 3.05) is 14.2 Å². The molecule has 0 bridgehead atoms. The molecule has 0 spiro atoms. The van der Waals surface area contributed by atoms with Gasteiger partial charge in [0.2, 0.25) is 0 Å². The summed E-state index contributed by atoms with van der Waals surface area (Å²) in [5.41, 5.74) is 2.31. The third-order valence-corrected chi connectivity index (χ3v) is 5.73. The molecule has 2 aromatic heterocycles. The van der Waals surface area contributed by atoms with Crippen LogP contribution >= 0.6 is 11.8 Å². The summed E-state index contributed by atoms with van der Waals surface area (Å²) in [5, 5.41) is 11.8. The largest absolute Gasteiger partial charge is 0.497 e. The maximum atomic E-state index is 11.1. The Bertz CT molecular complexity index is 1240. The molecule has 0 aliphatic heterocycles. The Morgan fingerprint density at radius 2 is 2.03 bits per heavy atom. The molecule has 4 aromatic rings. The van der Waals surface area contributed by atoms with E-state index in [2.05, 4.69) is 9.97 Å². The lowest BCUT2D eigenvalue weighted by molar-refractivity contribution is -0.384. The average Bonchev–Trinajstić information content (AvgIpc) is 3.14. The molecule has 0 aliphatic rings. The first kappa shape index (κ1) is 20.6. The van der Waals surface area contributed by atoms with Crippen LogP contribution < -0.4 is 9.47 Å². The summed E-state index contributed by atoms with van der Waals surface area (Å²) in [4.78, 5) is 24.7. The van der Waals surface area contributed by atoms with Gasteiger partial charge in [-0.05, 0) is 41.9 Å². The van der Waals surface area contributed by atoms with Crippen LogP contribution in [0.15, 0.2) is 65.0 Å². The molecule has 0 fully saturated rings. The Morgan fingerprint density at radius 3 is 2.81 bits per heavy atom. The Kier molecular flexibility index (Phi) is 5.99. The molecule has 0 radical (unpaired) electrons. The topological polar surface area (TPSA) is 105 Å². The molecule has 10 heteroatoms. The highest BCUT2D eigenvalue weighted by molar-refractivity contribution is 7.99. The minimum atomic E-state index is -0.389. The molecule has 2 aromatic carbocycles. The van der Waals surface area contributed by atoms with Gasteiger partial charge in [-0.1, -0.05) is 12.1 Å². The average molecular weight is 437 g/mol. The minimum absolute atomic E-state index is 0.0750. The Morgan fingerprint density at radius 1 is 1.16 bits per heavy atom. The lowest BCUT2D eigenvalue weighted by Gasteiger charge is -2.12. The van der Waals surface area contributed by atoms with Crippen molar-refractivity contribution in [3.8, 4) is 11.5 Å². The summed E-state index contributed by atoms with van der Waals surface area (Å²) in [6.45, 7) is 0.545. The molecule has 0 N–H and O–H groups in total. The van der Waals surface area contributed by atoms with Crippen LogP contribution in [0.2, 0.25) is 0 Å². The molecule has 0 amide bonds. The van der Waals surface area contributed by atoms with Crippen molar-refractivity contribution in [2.24, 2.45) is 0 Å². The van der Waals surface area contributed by atoms with Gasteiger partial charge in [-0.25, -0.2) is 15.0 Å². The highest BCUT2D eigenvalue weighted by atomic mass is 32.2. The van der Waals surface area contributed by atoms with E-state index in [9.17, 15) is 10.1 Å². The summed E-state index contributed by atoms with van der Waals surface area (Å²) in [7, 11) is 3.22. The number of ether oxygens (including phenoxy) is 2. The van der Waals surface area contributed by atoms with Crippen molar-refractivity contribution in [3.05, 3.63) is 70.7 Å². The number of aryl methyl sites for hydroxylation is 2. The van der Waals surface area contributed by atoms with Gasteiger partial charge < -0.3 is 14.0 Å². The second-order valence-electron chi connectivity index (χ2n) is 6.57. The Hall–Kier alpha value is -3.66. The zero-order chi connectivity index (χ0) is 21.8. The fourth-order valence-electron chi connectivity index (χ4n) is 3.16. The van der Waals surface area contributed by atoms with E-state index in [1.807, 2.05) is 28.8 Å². The standard InChI is InChI=1S/C21H19N5O4S/c1-29-16-6-7-18(30-2)19(11-16)31-21-24-17-12-22-13-23-20(17)25(21)9-8-14-4-3-5-15(10-14)26(27)28/h3-7,10-13H,8-9H2,1-2H3. The van der Waals surface area contributed by atoms with Gasteiger partial charge in [0, 0.05) is 18.7 Å². The molecule has 0 aliphatic carbocycles. The monoisotopic (exact) mass is 437 g/mol. The van der Waals surface area contributed by atoms with Gasteiger partial charge in [-0.3, -0.25) is 10.1 Å². The second-order valence-corrected chi connectivity index (χ2v) is 7.58. The first-order valence-electron chi connectivity index (χ1n) is 9.38. The number of nitro groups is 1. The molecule has 4 rings (SSSR count). The van der Waals surface area contributed by atoms with Crippen molar-refractivity contribution in [1.82, 2.24) is 19.5 Å².